The number of para-hydroxylation sites is 1. The fourth-order valence-electron chi connectivity index (χ4n) is 1.01. The zero-order chi connectivity index (χ0) is 7.56. The molecule has 0 saturated carbocycles. The molecular weight excluding hydrogens is 122 g/mol. The second kappa shape index (κ2) is 2.53. The van der Waals surface area contributed by atoms with Crippen LogP contribution in [0.3, 0.4) is 0 Å². The van der Waals surface area contributed by atoms with E-state index in [9.17, 15) is 0 Å². The maximum atomic E-state index is 5.18. The predicted octanol–water partition coefficient (Wildman–Crippen LogP) is 2.90. The predicted molar refractivity (Wildman–Crippen MR) is 43.9 cm³/mol. The third-order valence-electron chi connectivity index (χ3n) is 1.57. The Morgan fingerprint density at radius 3 is 2.00 bits per heavy atom. The SMILES string of the molecule is C#[N+]c1c(C)cccc1C. The Morgan fingerprint density at radius 2 is 1.70 bits per heavy atom. The average molecular weight is 132 g/mol. The Labute approximate surface area is 61.1 Å². The summed E-state index contributed by atoms with van der Waals surface area (Å²) in [5.41, 5.74) is 3.16. The fraction of sp³-hybridized carbons (Fsp3) is 0.222. The second-order valence-corrected chi connectivity index (χ2v) is 2.37. The Morgan fingerprint density at radius 1 is 1.20 bits per heavy atom. The molecule has 0 unspecified atom stereocenters. The highest BCUT2D eigenvalue weighted by molar-refractivity contribution is 5.57. The standard InChI is InChI=1S/C9H10N/c1-7-5-4-6-8(2)9(7)10-3/h3-6H,1-2H3/q+1. The minimum absolute atomic E-state index is 0.905. The maximum absolute atomic E-state index is 5.18. The van der Waals surface area contributed by atoms with Crippen molar-refractivity contribution in [3.05, 3.63) is 34.2 Å². The van der Waals surface area contributed by atoms with Gasteiger partial charge in [0.15, 0.2) is 0 Å². The van der Waals surface area contributed by atoms with Crippen LogP contribution < -0.4 is 0 Å². The minimum atomic E-state index is 0.905. The van der Waals surface area contributed by atoms with E-state index in [2.05, 4.69) is 4.85 Å². The molecule has 0 aromatic heterocycles. The van der Waals surface area contributed by atoms with E-state index in [-0.39, 0.29) is 0 Å². The average Bonchev–Trinajstić information content (AvgIpc) is 1.88. The lowest BCUT2D eigenvalue weighted by molar-refractivity contribution is 1.41. The lowest BCUT2D eigenvalue weighted by atomic mass is 10.1. The molecule has 0 bridgehead atoms. The molecule has 0 atom stereocenters. The van der Waals surface area contributed by atoms with Crippen LogP contribution in [0.1, 0.15) is 11.1 Å². The zero-order valence-corrected chi connectivity index (χ0v) is 6.26. The molecular formula is C9H10N+. The van der Waals surface area contributed by atoms with Gasteiger partial charge in [0.2, 0.25) is 0 Å². The quantitative estimate of drug-likeness (QED) is 0.511. The Kier molecular flexibility index (Phi) is 1.73. The molecule has 1 nitrogen and oxygen atoms in total. The topological polar surface area (TPSA) is 4.36 Å². The van der Waals surface area contributed by atoms with Crippen molar-refractivity contribution < 1.29 is 0 Å². The van der Waals surface area contributed by atoms with Crippen molar-refractivity contribution in [1.29, 1.82) is 0 Å². The van der Waals surface area contributed by atoms with Crippen LogP contribution >= 0.6 is 0 Å². The summed E-state index contributed by atoms with van der Waals surface area (Å²) in [7, 11) is 0. The summed E-state index contributed by atoms with van der Waals surface area (Å²) < 4.78 is 0. The van der Waals surface area contributed by atoms with Crippen molar-refractivity contribution in [1.82, 2.24) is 0 Å². The smallest absolute Gasteiger partial charge is 0.0612 e. The van der Waals surface area contributed by atoms with Gasteiger partial charge >= 0.3 is 5.69 Å². The highest BCUT2D eigenvalue weighted by Crippen LogP contribution is 2.21. The van der Waals surface area contributed by atoms with Gasteiger partial charge in [-0.25, -0.2) is 0 Å². The van der Waals surface area contributed by atoms with Gasteiger partial charge in [0.25, 0.3) is 6.57 Å². The Balaban J connectivity index is 3.34. The molecule has 0 spiro atoms. The second-order valence-electron chi connectivity index (χ2n) is 2.37. The highest BCUT2D eigenvalue weighted by Gasteiger charge is 2.07. The van der Waals surface area contributed by atoms with E-state index in [1.54, 1.807) is 0 Å². The first-order chi connectivity index (χ1) is 4.75. The van der Waals surface area contributed by atoms with Gasteiger partial charge in [-0.15, -0.1) is 0 Å². The Bertz CT molecular complexity index is 261. The molecule has 0 heterocycles. The zero-order valence-electron chi connectivity index (χ0n) is 6.26. The maximum Gasteiger partial charge on any atom is 0.345 e. The number of nitrogens with zero attached hydrogens (tertiary/aromatic N) is 1. The van der Waals surface area contributed by atoms with E-state index in [4.69, 9.17) is 6.57 Å². The van der Waals surface area contributed by atoms with E-state index < -0.39 is 0 Å². The van der Waals surface area contributed by atoms with E-state index in [1.807, 2.05) is 32.0 Å². The fourth-order valence-corrected chi connectivity index (χ4v) is 1.01. The normalized spacial score (nSPS) is 8.90. The van der Waals surface area contributed by atoms with Crippen LogP contribution in [0.25, 0.3) is 4.85 Å². The number of aryl methyl sites for hydroxylation is 2. The highest BCUT2D eigenvalue weighted by atomic mass is 14.6. The van der Waals surface area contributed by atoms with Crippen LogP contribution in [0.15, 0.2) is 18.2 Å². The van der Waals surface area contributed by atoms with Crippen LogP contribution in [-0.4, -0.2) is 0 Å². The molecule has 1 heteroatoms. The van der Waals surface area contributed by atoms with Gasteiger partial charge in [-0.2, -0.15) is 0 Å². The lowest BCUT2D eigenvalue weighted by Crippen LogP contribution is -1.75. The Hall–Kier alpha value is -1.29. The van der Waals surface area contributed by atoms with Gasteiger partial charge in [-0.3, -0.25) is 0 Å². The molecule has 1 aromatic carbocycles. The van der Waals surface area contributed by atoms with Gasteiger partial charge in [-0.05, 0) is 18.7 Å². The third-order valence-corrected chi connectivity index (χ3v) is 1.57. The largest absolute Gasteiger partial charge is 0.345 e. The van der Waals surface area contributed by atoms with Gasteiger partial charge < -0.3 is 0 Å². The number of benzene rings is 1. The van der Waals surface area contributed by atoms with Crippen LogP contribution in [0.4, 0.5) is 5.69 Å². The molecule has 1 aromatic rings. The van der Waals surface area contributed by atoms with Crippen LogP contribution in [-0.2, 0) is 0 Å². The number of rotatable bonds is 0. The first-order valence-electron chi connectivity index (χ1n) is 3.23. The van der Waals surface area contributed by atoms with Crippen molar-refractivity contribution in [2.75, 3.05) is 0 Å². The monoisotopic (exact) mass is 132 g/mol. The summed E-state index contributed by atoms with van der Waals surface area (Å²) in [5, 5.41) is 0. The van der Waals surface area contributed by atoms with Crippen molar-refractivity contribution >= 4 is 5.69 Å². The molecule has 0 N–H and O–H groups in total. The molecule has 0 amide bonds. The van der Waals surface area contributed by atoms with E-state index >= 15 is 0 Å². The van der Waals surface area contributed by atoms with Crippen molar-refractivity contribution in [3.63, 3.8) is 0 Å². The summed E-state index contributed by atoms with van der Waals surface area (Å²) >= 11 is 0. The van der Waals surface area contributed by atoms with Gasteiger partial charge in [0.05, 0.1) is 0 Å². The summed E-state index contributed by atoms with van der Waals surface area (Å²) in [6.07, 6.45) is 0. The van der Waals surface area contributed by atoms with Gasteiger partial charge in [0.1, 0.15) is 0 Å². The van der Waals surface area contributed by atoms with Crippen LogP contribution in [0.2, 0.25) is 0 Å². The van der Waals surface area contributed by atoms with E-state index in [0.717, 1.165) is 16.8 Å². The first-order valence-corrected chi connectivity index (χ1v) is 3.23. The first kappa shape index (κ1) is 6.82. The molecule has 0 fully saturated rings. The van der Waals surface area contributed by atoms with Crippen molar-refractivity contribution in [2.45, 2.75) is 13.8 Å². The molecule has 1 rings (SSSR count). The summed E-state index contributed by atoms with van der Waals surface area (Å²) in [6.45, 7) is 9.17. The van der Waals surface area contributed by atoms with Gasteiger partial charge in [0, 0.05) is 11.1 Å². The van der Waals surface area contributed by atoms with Crippen LogP contribution in [0, 0.1) is 20.4 Å². The number of hydrogen-bond acceptors (Lipinski definition) is 0. The third kappa shape index (κ3) is 1.01. The van der Waals surface area contributed by atoms with Crippen molar-refractivity contribution in [2.24, 2.45) is 0 Å². The summed E-state index contributed by atoms with van der Waals surface area (Å²) in [5.74, 6) is 0. The molecule has 50 valence electrons. The van der Waals surface area contributed by atoms with Crippen LogP contribution in [0.5, 0.6) is 0 Å². The summed E-state index contributed by atoms with van der Waals surface area (Å²) in [6, 6.07) is 6.00. The molecule has 10 heavy (non-hydrogen) atoms. The molecule has 0 aliphatic carbocycles. The number of hydrogen-bond donors (Lipinski definition) is 0. The molecule has 0 aliphatic rings. The lowest BCUT2D eigenvalue weighted by Gasteiger charge is -1.90. The van der Waals surface area contributed by atoms with Crippen molar-refractivity contribution in [3.8, 4) is 6.57 Å². The molecule has 0 radical (unpaired) electrons. The van der Waals surface area contributed by atoms with E-state index in [0.29, 0.717) is 0 Å². The minimum Gasteiger partial charge on any atom is -0.0612 e. The van der Waals surface area contributed by atoms with Gasteiger partial charge in [-0.1, -0.05) is 18.2 Å². The molecule has 0 aliphatic heterocycles. The van der Waals surface area contributed by atoms with E-state index in [1.165, 1.54) is 0 Å². The summed E-state index contributed by atoms with van der Waals surface area (Å²) in [4.78, 5) is 3.67. The molecule has 0 saturated heterocycles.